The number of hydrogen-bond donors (Lipinski definition) is 0. The fraction of sp³-hybridized carbons (Fsp3) is 0.471. The third kappa shape index (κ3) is 3.95. The molecule has 1 aliphatic rings. The number of hydrogen-bond acceptors (Lipinski definition) is 2. The first-order chi connectivity index (χ1) is 9.19. The largest absolute Gasteiger partial charge is 0.497 e. The second kappa shape index (κ2) is 6.55. The van der Waals surface area contributed by atoms with Gasteiger partial charge in [0.15, 0.2) is 5.78 Å². The lowest BCUT2D eigenvalue weighted by Crippen LogP contribution is -2.10. The van der Waals surface area contributed by atoms with Crippen LogP contribution in [0.1, 0.15) is 38.2 Å². The SMILES string of the molecule is COc1ccc(CCC(=O)C2=CCC(C)CC2)cc1. The van der Waals surface area contributed by atoms with Crippen molar-refractivity contribution in [3.8, 4) is 5.75 Å². The van der Waals surface area contributed by atoms with E-state index >= 15 is 0 Å². The van der Waals surface area contributed by atoms with E-state index < -0.39 is 0 Å². The highest BCUT2D eigenvalue weighted by atomic mass is 16.5. The number of Topliss-reactive ketones (excluding diaryl/α,β-unsaturated/α-hetero) is 1. The van der Waals surface area contributed by atoms with Crippen LogP contribution in [0.15, 0.2) is 35.9 Å². The molecule has 102 valence electrons. The summed E-state index contributed by atoms with van der Waals surface area (Å²) in [4.78, 5) is 12.1. The van der Waals surface area contributed by atoms with E-state index in [9.17, 15) is 4.79 Å². The zero-order valence-electron chi connectivity index (χ0n) is 11.8. The van der Waals surface area contributed by atoms with Gasteiger partial charge in [-0.25, -0.2) is 0 Å². The lowest BCUT2D eigenvalue weighted by molar-refractivity contribution is -0.115. The summed E-state index contributed by atoms with van der Waals surface area (Å²) in [6.07, 6.45) is 6.75. The molecule has 0 aromatic heterocycles. The second-order valence-electron chi connectivity index (χ2n) is 5.38. The van der Waals surface area contributed by atoms with Crippen molar-refractivity contribution in [2.24, 2.45) is 5.92 Å². The molecule has 0 aliphatic heterocycles. The zero-order valence-corrected chi connectivity index (χ0v) is 11.8. The first kappa shape index (κ1) is 13.9. The maximum absolute atomic E-state index is 12.1. The van der Waals surface area contributed by atoms with E-state index in [-0.39, 0.29) is 0 Å². The van der Waals surface area contributed by atoms with Crippen LogP contribution in [0.4, 0.5) is 0 Å². The van der Waals surface area contributed by atoms with Gasteiger partial charge in [0, 0.05) is 6.42 Å². The number of rotatable bonds is 5. The summed E-state index contributed by atoms with van der Waals surface area (Å²) in [5.74, 6) is 1.92. The molecule has 1 aliphatic carbocycles. The molecule has 0 heterocycles. The Hall–Kier alpha value is -1.57. The summed E-state index contributed by atoms with van der Waals surface area (Å²) in [5.41, 5.74) is 2.24. The molecule has 0 spiro atoms. The number of ether oxygens (including phenoxy) is 1. The van der Waals surface area contributed by atoms with Gasteiger partial charge in [0.2, 0.25) is 0 Å². The molecule has 2 rings (SSSR count). The van der Waals surface area contributed by atoms with Gasteiger partial charge in [-0.2, -0.15) is 0 Å². The lowest BCUT2D eigenvalue weighted by Gasteiger charge is -2.17. The number of ketones is 1. The number of carbonyl (C=O) groups is 1. The molecule has 1 aromatic rings. The summed E-state index contributed by atoms with van der Waals surface area (Å²) in [6, 6.07) is 7.95. The average Bonchev–Trinajstić information content (AvgIpc) is 2.46. The van der Waals surface area contributed by atoms with Crippen LogP contribution in [-0.2, 0) is 11.2 Å². The number of allylic oxidation sites excluding steroid dienone is 2. The van der Waals surface area contributed by atoms with E-state index in [1.165, 1.54) is 5.56 Å². The molecular formula is C17H22O2. The topological polar surface area (TPSA) is 26.3 Å². The van der Waals surface area contributed by atoms with Crippen LogP contribution >= 0.6 is 0 Å². The van der Waals surface area contributed by atoms with Gasteiger partial charge in [-0.15, -0.1) is 0 Å². The van der Waals surface area contributed by atoms with Gasteiger partial charge in [0.05, 0.1) is 7.11 Å². The van der Waals surface area contributed by atoms with E-state index in [0.29, 0.717) is 12.2 Å². The monoisotopic (exact) mass is 258 g/mol. The molecule has 0 N–H and O–H groups in total. The van der Waals surface area contributed by atoms with Gasteiger partial charge < -0.3 is 4.74 Å². The van der Waals surface area contributed by atoms with Crippen LogP contribution in [0.5, 0.6) is 5.75 Å². The van der Waals surface area contributed by atoms with Crippen molar-refractivity contribution in [3.63, 3.8) is 0 Å². The van der Waals surface area contributed by atoms with Crippen molar-refractivity contribution >= 4 is 5.78 Å². The van der Waals surface area contributed by atoms with Crippen molar-refractivity contribution in [1.29, 1.82) is 0 Å². The van der Waals surface area contributed by atoms with E-state index in [2.05, 4.69) is 13.0 Å². The Balaban J connectivity index is 1.86. The van der Waals surface area contributed by atoms with E-state index in [1.54, 1.807) is 7.11 Å². The van der Waals surface area contributed by atoms with Crippen LogP contribution in [0.2, 0.25) is 0 Å². The van der Waals surface area contributed by atoms with E-state index in [4.69, 9.17) is 4.74 Å². The predicted octanol–water partition coefficient (Wildman–Crippen LogP) is 3.94. The molecule has 0 saturated heterocycles. The Labute approximate surface area is 115 Å². The number of methoxy groups -OCH3 is 1. The van der Waals surface area contributed by atoms with E-state index in [0.717, 1.165) is 42.9 Å². The molecule has 1 aromatic carbocycles. The van der Waals surface area contributed by atoms with E-state index in [1.807, 2.05) is 24.3 Å². The minimum atomic E-state index is 0.322. The quantitative estimate of drug-likeness (QED) is 0.799. The molecule has 0 amide bonds. The maximum Gasteiger partial charge on any atom is 0.158 e. The van der Waals surface area contributed by atoms with Crippen molar-refractivity contribution in [2.75, 3.05) is 7.11 Å². The molecule has 0 radical (unpaired) electrons. The van der Waals surface area contributed by atoms with Crippen LogP contribution < -0.4 is 4.74 Å². The Morgan fingerprint density at radius 2 is 2.05 bits per heavy atom. The van der Waals surface area contributed by atoms with Crippen molar-refractivity contribution < 1.29 is 9.53 Å². The molecule has 2 heteroatoms. The fourth-order valence-corrected chi connectivity index (χ4v) is 2.43. The average molecular weight is 258 g/mol. The summed E-state index contributed by atoms with van der Waals surface area (Å²) >= 11 is 0. The maximum atomic E-state index is 12.1. The van der Waals surface area contributed by atoms with Crippen LogP contribution in [0, 0.1) is 5.92 Å². The smallest absolute Gasteiger partial charge is 0.158 e. The standard InChI is InChI=1S/C17H22O2/c1-13-3-8-15(9-4-13)17(18)12-7-14-5-10-16(19-2)11-6-14/h5-6,8,10-11,13H,3-4,7,9,12H2,1-2H3. The summed E-state index contributed by atoms with van der Waals surface area (Å²) in [7, 11) is 1.66. The zero-order chi connectivity index (χ0) is 13.7. The van der Waals surface area contributed by atoms with Gasteiger partial charge >= 0.3 is 0 Å². The molecule has 1 unspecified atom stereocenters. The molecule has 19 heavy (non-hydrogen) atoms. The number of carbonyl (C=O) groups excluding carboxylic acids is 1. The minimum absolute atomic E-state index is 0.322. The van der Waals surface area contributed by atoms with Gasteiger partial charge in [-0.1, -0.05) is 25.1 Å². The van der Waals surface area contributed by atoms with Crippen molar-refractivity contribution in [2.45, 2.75) is 39.0 Å². The van der Waals surface area contributed by atoms with Gasteiger partial charge in [0.1, 0.15) is 5.75 Å². The first-order valence-corrected chi connectivity index (χ1v) is 7.04. The minimum Gasteiger partial charge on any atom is -0.497 e. The fourth-order valence-electron chi connectivity index (χ4n) is 2.43. The third-order valence-corrected chi connectivity index (χ3v) is 3.83. The normalized spacial score (nSPS) is 18.8. The highest BCUT2D eigenvalue weighted by molar-refractivity contribution is 5.95. The van der Waals surface area contributed by atoms with Crippen LogP contribution in [0.25, 0.3) is 0 Å². The van der Waals surface area contributed by atoms with Crippen LogP contribution in [0.3, 0.4) is 0 Å². The molecule has 0 fully saturated rings. The predicted molar refractivity (Wildman–Crippen MR) is 77.4 cm³/mol. The molecule has 1 atom stereocenters. The third-order valence-electron chi connectivity index (χ3n) is 3.83. The van der Waals surface area contributed by atoms with Gasteiger partial charge in [0.25, 0.3) is 0 Å². The highest BCUT2D eigenvalue weighted by Gasteiger charge is 2.15. The first-order valence-electron chi connectivity index (χ1n) is 7.04. The second-order valence-corrected chi connectivity index (χ2v) is 5.38. The Morgan fingerprint density at radius 1 is 1.32 bits per heavy atom. The Bertz CT molecular complexity index is 457. The molecule has 0 bridgehead atoms. The molecule has 2 nitrogen and oxygen atoms in total. The number of benzene rings is 1. The summed E-state index contributed by atoms with van der Waals surface area (Å²) < 4.78 is 5.12. The number of aryl methyl sites for hydroxylation is 1. The lowest BCUT2D eigenvalue weighted by atomic mass is 9.88. The molecular weight excluding hydrogens is 236 g/mol. The molecule has 0 saturated carbocycles. The Kier molecular flexibility index (Phi) is 4.78. The Morgan fingerprint density at radius 3 is 2.63 bits per heavy atom. The van der Waals surface area contributed by atoms with Crippen molar-refractivity contribution in [1.82, 2.24) is 0 Å². The van der Waals surface area contributed by atoms with Gasteiger partial charge in [-0.3, -0.25) is 4.79 Å². The van der Waals surface area contributed by atoms with Gasteiger partial charge in [-0.05, 0) is 54.9 Å². The summed E-state index contributed by atoms with van der Waals surface area (Å²) in [6.45, 7) is 2.25. The van der Waals surface area contributed by atoms with Crippen LogP contribution in [-0.4, -0.2) is 12.9 Å². The highest BCUT2D eigenvalue weighted by Crippen LogP contribution is 2.24. The van der Waals surface area contributed by atoms with Crippen molar-refractivity contribution in [3.05, 3.63) is 41.5 Å². The summed E-state index contributed by atoms with van der Waals surface area (Å²) in [5, 5.41) is 0.